The van der Waals surface area contributed by atoms with Crippen LogP contribution in [0.15, 0.2) is 12.1 Å². The fourth-order valence-electron chi connectivity index (χ4n) is 1.40. The Morgan fingerprint density at radius 2 is 1.69 bits per heavy atom. The predicted molar refractivity (Wildman–Crippen MR) is 60.0 cm³/mol. The molecule has 0 bridgehead atoms. The summed E-state index contributed by atoms with van der Waals surface area (Å²) in [6.07, 6.45) is 2.33. The maximum atomic E-state index is 13.2. The van der Waals surface area contributed by atoms with Crippen molar-refractivity contribution < 1.29 is 13.2 Å². The highest BCUT2D eigenvalue weighted by Gasteiger charge is 2.15. The van der Waals surface area contributed by atoms with Crippen LogP contribution >= 0.6 is 12.4 Å². The first-order valence-electron chi connectivity index (χ1n) is 4.96. The van der Waals surface area contributed by atoms with Gasteiger partial charge in [0.05, 0.1) is 0 Å². The van der Waals surface area contributed by atoms with Crippen molar-refractivity contribution >= 4 is 12.4 Å². The van der Waals surface area contributed by atoms with Crippen LogP contribution in [0.5, 0.6) is 0 Å². The van der Waals surface area contributed by atoms with Gasteiger partial charge in [-0.25, -0.2) is 13.2 Å². The molecule has 5 heteroatoms. The van der Waals surface area contributed by atoms with Gasteiger partial charge in [0.2, 0.25) is 0 Å². The summed E-state index contributed by atoms with van der Waals surface area (Å²) in [7, 11) is 0. The van der Waals surface area contributed by atoms with Gasteiger partial charge in [0, 0.05) is 17.7 Å². The summed E-state index contributed by atoms with van der Waals surface area (Å²) in [6.45, 7) is 1.98. The molecule has 1 nitrogen and oxygen atoms in total. The van der Waals surface area contributed by atoms with Crippen LogP contribution in [0.3, 0.4) is 0 Å². The summed E-state index contributed by atoms with van der Waals surface area (Å²) in [4.78, 5) is 0. The minimum absolute atomic E-state index is 0. The zero-order valence-electron chi connectivity index (χ0n) is 8.97. The average molecular weight is 254 g/mol. The predicted octanol–water partition coefficient (Wildman–Crippen LogP) is 3.72. The highest BCUT2D eigenvalue weighted by molar-refractivity contribution is 5.85. The van der Waals surface area contributed by atoms with Gasteiger partial charge in [-0.15, -0.1) is 12.4 Å². The Balaban J connectivity index is 0.00000225. The molecule has 0 spiro atoms. The highest BCUT2D eigenvalue weighted by Crippen LogP contribution is 2.22. The van der Waals surface area contributed by atoms with E-state index < -0.39 is 23.5 Å². The van der Waals surface area contributed by atoms with Crippen LogP contribution in [0.2, 0.25) is 0 Å². The van der Waals surface area contributed by atoms with E-state index in [1.165, 1.54) is 0 Å². The minimum Gasteiger partial charge on any atom is -0.324 e. The zero-order valence-corrected chi connectivity index (χ0v) is 9.79. The summed E-state index contributed by atoms with van der Waals surface area (Å²) in [5.41, 5.74) is 5.72. The lowest BCUT2D eigenvalue weighted by atomic mass is 10.0. The third kappa shape index (κ3) is 3.68. The van der Waals surface area contributed by atoms with Gasteiger partial charge in [0.1, 0.15) is 5.82 Å². The molecule has 92 valence electrons. The third-order valence-corrected chi connectivity index (χ3v) is 2.31. The van der Waals surface area contributed by atoms with Crippen LogP contribution in [-0.2, 0) is 0 Å². The molecule has 0 heterocycles. The highest BCUT2D eigenvalue weighted by atomic mass is 35.5. The van der Waals surface area contributed by atoms with Crippen molar-refractivity contribution in [1.82, 2.24) is 0 Å². The van der Waals surface area contributed by atoms with E-state index in [1.807, 2.05) is 6.92 Å². The van der Waals surface area contributed by atoms with Crippen LogP contribution in [-0.4, -0.2) is 0 Å². The molecule has 0 saturated carbocycles. The lowest BCUT2D eigenvalue weighted by Crippen LogP contribution is -2.13. The lowest BCUT2D eigenvalue weighted by molar-refractivity contribution is 0.479. The van der Waals surface area contributed by atoms with Crippen LogP contribution in [0, 0.1) is 17.5 Å². The van der Waals surface area contributed by atoms with Crippen LogP contribution in [0.4, 0.5) is 13.2 Å². The second-order valence-corrected chi connectivity index (χ2v) is 3.54. The molecule has 2 N–H and O–H groups in total. The van der Waals surface area contributed by atoms with E-state index in [0.29, 0.717) is 12.5 Å². The van der Waals surface area contributed by atoms with Crippen molar-refractivity contribution in [2.45, 2.75) is 32.2 Å². The largest absolute Gasteiger partial charge is 0.324 e. The Labute approximate surface area is 99.2 Å². The summed E-state index contributed by atoms with van der Waals surface area (Å²) < 4.78 is 38.7. The van der Waals surface area contributed by atoms with E-state index in [4.69, 9.17) is 5.73 Å². The summed E-state index contributed by atoms with van der Waals surface area (Å²) in [5.74, 6) is -3.02. The summed E-state index contributed by atoms with van der Waals surface area (Å²) in [6, 6.07) is 0.807. The zero-order chi connectivity index (χ0) is 11.4. The molecule has 16 heavy (non-hydrogen) atoms. The number of unbranched alkanes of at least 4 members (excludes halogenated alkanes) is 1. The molecule has 0 unspecified atom stereocenters. The first kappa shape index (κ1) is 15.3. The van der Waals surface area contributed by atoms with Gasteiger partial charge in [-0.05, 0) is 12.5 Å². The maximum Gasteiger partial charge on any atom is 0.161 e. The number of halogens is 4. The SMILES string of the molecule is CCCC[C@@H](N)c1cc(F)c(F)cc1F.Cl. The van der Waals surface area contributed by atoms with E-state index in [9.17, 15) is 13.2 Å². The van der Waals surface area contributed by atoms with Gasteiger partial charge in [0.25, 0.3) is 0 Å². The first-order valence-corrected chi connectivity index (χ1v) is 4.96. The Hall–Kier alpha value is -0.740. The maximum absolute atomic E-state index is 13.2. The minimum atomic E-state index is -1.18. The van der Waals surface area contributed by atoms with E-state index in [-0.39, 0.29) is 18.0 Å². The fourth-order valence-corrected chi connectivity index (χ4v) is 1.40. The molecule has 0 fully saturated rings. The molecule has 1 aromatic rings. The molecule has 0 aliphatic carbocycles. The number of rotatable bonds is 4. The van der Waals surface area contributed by atoms with E-state index in [2.05, 4.69) is 0 Å². The molecule has 1 atom stereocenters. The molecule has 0 amide bonds. The van der Waals surface area contributed by atoms with Gasteiger partial charge in [0.15, 0.2) is 11.6 Å². The monoisotopic (exact) mass is 253 g/mol. The van der Waals surface area contributed by atoms with E-state index in [0.717, 1.165) is 18.9 Å². The quantitative estimate of drug-likeness (QED) is 0.814. The number of hydrogen-bond donors (Lipinski definition) is 1. The molecule has 0 aromatic heterocycles. The average Bonchev–Trinajstić information content (AvgIpc) is 2.20. The Bertz CT molecular complexity index is 344. The van der Waals surface area contributed by atoms with Gasteiger partial charge in [-0.2, -0.15) is 0 Å². The van der Waals surface area contributed by atoms with Crippen molar-refractivity contribution in [3.63, 3.8) is 0 Å². The van der Waals surface area contributed by atoms with Crippen LogP contribution in [0.1, 0.15) is 37.8 Å². The van der Waals surface area contributed by atoms with Gasteiger partial charge in [-0.3, -0.25) is 0 Å². The molecule has 1 rings (SSSR count). The molecule has 0 aliphatic heterocycles. The smallest absolute Gasteiger partial charge is 0.161 e. The van der Waals surface area contributed by atoms with Crippen molar-refractivity contribution in [2.24, 2.45) is 5.73 Å². The van der Waals surface area contributed by atoms with Gasteiger partial charge < -0.3 is 5.73 Å². The molecule has 0 radical (unpaired) electrons. The van der Waals surface area contributed by atoms with E-state index >= 15 is 0 Å². The standard InChI is InChI=1S/C11H14F3N.ClH/c1-2-3-4-11(15)7-5-9(13)10(14)6-8(7)12;/h5-6,11H,2-4,15H2,1H3;1H/t11-;/m1./s1. The van der Waals surface area contributed by atoms with Crippen molar-refractivity contribution in [3.8, 4) is 0 Å². The first-order chi connectivity index (χ1) is 7.06. The Morgan fingerprint density at radius 3 is 2.25 bits per heavy atom. The topological polar surface area (TPSA) is 26.0 Å². The third-order valence-electron chi connectivity index (χ3n) is 2.31. The second kappa shape index (κ2) is 6.76. The van der Waals surface area contributed by atoms with Crippen molar-refractivity contribution in [1.29, 1.82) is 0 Å². The summed E-state index contributed by atoms with van der Waals surface area (Å²) >= 11 is 0. The number of hydrogen-bond acceptors (Lipinski definition) is 1. The Kier molecular flexibility index (Phi) is 6.45. The lowest BCUT2D eigenvalue weighted by Gasteiger charge is -2.12. The molecule has 0 aliphatic rings. The molecular weight excluding hydrogens is 239 g/mol. The summed E-state index contributed by atoms with van der Waals surface area (Å²) in [5, 5.41) is 0. The second-order valence-electron chi connectivity index (χ2n) is 3.54. The number of benzene rings is 1. The molecular formula is C11H15ClF3N. The van der Waals surface area contributed by atoms with Crippen molar-refractivity contribution in [3.05, 3.63) is 35.1 Å². The number of nitrogens with two attached hydrogens (primary N) is 1. The van der Waals surface area contributed by atoms with E-state index in [1.54, 1.807) is 0 Å². The molecule has 1 aromatic carbocycles. The van der Waals surface area contributed by atoms with Gasteiger partial charge >= 0.3 is 0 Å². The molecule has 0 saturated heterocycles. The fraction of sp³-hybridized carbons (Fsp3) is 0.455. The normalized spacial score (nSPS) is 12.1. The van der Waals surface area contributed by atoms with Crippen LogP contribution < -0.4 is 5.73 Å². The van der Waals surface area contributed by atoms with Gasteiger partial charge in [-0.1, -0.05) is 19.8 Å². The van der Waals surface area contributed by atoms with Crippen LogP contribution in [0.25, 0.3) is 0 Å². The van der Waals surface area contributed by atoms with Crippen molar-refractivity contribution in [2.75, 3.05) is 0 Å². The Morgan fingerprint density at radius 1 is 1.12 bits per heavy atom.